The van der Waals surface area contributed by atoms with Crippen LogP contribution in [-0.2, 0) is 0 Å². The molecule has 0 radical (unpaired) electrons. The van der Waals surface area contributed by atoms with Gasteiger partial charge in [-0.25, -0.2) is 4.79 Å². The number of hydrogen-bond acceptors (Lipinski definition) is 2. The summed E-state index contributed by atoms with van der Waals surface area (Å²) >= 11 is 3.42. The molecule has 0 aliphatic carbocycles. The van der Waals surface area contributed by atoms with Gasteiger partial charge in [0.1, 0.15) is 0 Å². The molecule has 122 valence electrons. The number of amides is 2. The van der Waals surface area contributed by atoms with E-state index in [0.29, 0.717) is 6.54 Å². The van der Waals surface area contributed by atoms with Gasteiger partial charge in [0.05, 0.1) is 0 Å². The van der Waals surface area contributed by atoms with E-state index in [1.807, 2.05) is 50.4 Å². The third-order valence-corrected chi connectivity index (χ3v) is 4.32. The van der Waals surface area contributed by atoms with Crippen LogP contribution in [0.15, 0.2) is 53.0 Å². The molecule has 2 N–H and O–H groups in total. The number of urea groups is 1. The first kappa shape index (κ1) is 17.3. The molecule has 0 bridgehead atoms. The number of nitrogens with one attached hydrogen (secondary N) is 2. The second-order valence-electron chi connectivity index (χ2n) is 5.59. The van der Waals surface area contributed by atoms with Gasteiger partial charge >= 0.3 is 6.03 Å². The van der Waals surface area contributed by atoms with Crippen molar-refractivity contribution in [2.75, 3.05) is 23.8 Å². The lowest BCUT2D eigenvalue weighted by molar-refractivity contribution is 0.251. The van der Waals surface area contributed by atoms with Gasteiger partial charge in [-0.05, 0) is 43.7 Å². The molecular formula is C18H22BrN3O. The zero-order valence-electron chi connectivity index (χ0n) is 13.6. The van der Waals surface area contributed by atoms with E-state index in [0.717, 1.165) is 21.4 Å². The Balaban J connectivity index is 1.87. The lowest BCUT2D eigenvalue weighted by atomic mass is 10.2. The number of aryl methyl sites for hydroxylation is 1. The predicted octanol–water partition coefficient (Wildman–Crippen LogP) is 4.40. The molecule has 0 aromatic heterocycles. The molecular weight excluding hydrogens is 354 g/mol. The molecule has 0 saturated heterocycles. The van der Waals surface area contributed by atoms with Crippen molar-refractivity contribution in [2.45, 2.75) is 19.9 Å². The summed E-state index contributed by atoms with van der Waals surface area (Å²) < 4.78 is 0.940. The van der Waals surface area contributed by atoms with Crippen LogP contribution in [0.25, 0.3) is 0 Å². The number of benzene rings is 2. The minimum atomic E-state index is -0.195. The van der Waals surface area contributed by atoms with Crippen molar-refractivity contribution in [3.8, 4) is 0 Å². The van der Waals surface area contributed by atoms with E-state index in [1.165, 1.54) is 0 Å². The first-order valence-corrected chi connectivity index (χ1v) is 8.35. The van der Waals surface area contributed by atoms with Crippen LogP contribution >= 0.6 is 15.9 Å². The molecule has 1 atom stereocenters. The topological polar surface area (TPSA) is 44.4 Å². The van der Waals surface area contributed by atoms with Gasteiger partial charge in [0.25, 0.3) is 0 Å². The van der Waals surface area contributed by atoms with Crippen LogP contribution in [0, 0.1) is 6.92 Å². The highest BCUT2D eigenvalue weighted by Crippen LogP contribution is 2.20. The number of para-hydroxylation sites is 1. The van der Waals surface area contributed by atoms with E-state index in [4.69, 9.17) is 0 Å². The molecule has 0 saturated carbocycles. The van der Waals surface area contributed by atoms with Crippen LogP contribution in [0.2, 0.25) is 0 Å². The predicted molar refractivity (Wildman–Crippen MR) is 100 cm³/mol. The van der Waals surface area contributed by atoms with Crippen LogP contribution in [0.4, 0.5) is 16.2 Å². The lowest BCUT2D eigenvalue weighted by Gasteiger charge is -2.27. The summed E-state index contributed by atoms with van der Waals surface area (Å²) in [6.45, 7) is 4.61. The van der Waals surface area contributed by atoms with Crippen molar-refractivity contribution in [2.24, 2.45) is 0 Å². The smallest absolute Gasteiger partial charge is 0.319 e. The molecule has 2 rings (SSSR count). The van der Waals surface area contributed by atoms with E-state index >= 15 is 0 Å². The van der Waals surface area contributed by atoms with E-state index in [9.17, 15) is 4.79 Å². The van der Waals surface area contributed by atoms with Crippen LogP contribution in [0.3, 0.4) is 0 Å². The van der Waals surface area contributed by atoms with E-state index < -0.39 is 0 Å². The number of carbonyl (C=O) groups is 1. The molecule has 23 heavy (non-hydrogen) atoms. The summed E-state index contributed by atoms with van der Waals surface area (Å²) in [5.74, 6) is 0. The Bertz CT molecular complexity index is 661. The monoisotopic (exact) mass is 375 g/mol. The van der Waals surface area contributed by atoms with Gasteiger partial charge in [-0.15, -0.1) is 0 Å². The second kappa shape index (κ2) is 8.02. The first-order chi connectivity index (χ1) is 11.0. The Morgan fingerprint density at radius 2 is 1.91 bits per heavy atom. The minimum Gasteiger partial charge on any atom is -0.370 e. The fourth-order valence-corrected chi connectivity index (χ4v) is 2.55. The summed E-state index contributed by atoms with van der Waals surface area (Å²) in [5, 5.41) is 5.81. The fraction of sp³-hybridized carbons (Fsp3) is 0.278. The molecule has 0 spiro atoms. The van der Waals surface area contributed by atoms with Gasteiger partial charge < -0.3 is 15.5 Å². The summed E-state index contributed by atoms with van der Waals surface area (Å²) in [6, 6.07) is 15.9. The van der Waals surface area contributed by atoms with Crippen molar-refractivity contribution in [3.05, 3.63) is 58.6 Å². The van der Waals surface area contributed by atoms with Crippen LogP contribution < -0.4 is 15.5 Å². The molecule has 1 unspecified atom stereocenters. The fourth-order valence-electron chi connectivity index (χ4n) is 2.19. The molecule has 0 heterocycles. The SMILES string of the molecule is Cc1ccc(Br)cc1NC(=O)NCC(C)N(C)c1ccccc1. The number of rotatable bonds is 5. The van der Waals surface area contributed by atoms with Gasteiger partial charge in [0.15, 0.2) is 0 Å². The van der Waals surface area contributed by atoms with Crippen molar-refractivity contribution in [1.29, 1.82) is 0 Å². The van der Waals surface area contributed by atoms with Gasteiger partial charge in [-0.2, -0.15) is 0 Å². The minimum absolute atomic E-state index is 0.187. The van der Waals surface area contributed by atoms with Crippen molar-refractivity contribution in [1.82, 2.24) is 5.32 Å². The van der Waals surface area contributed by atoms with Gasteiger partial charge in [0.2, 0.25) is 0 Å². The highest BCUT2D eigenvalue weighted by Gasteiger charge is 2.11. The lowest BCUT2D eigenvalue weighted by Crippen LogP contribution is -2.41. The summed E-state index contributed by atoms with van der Waals surface area (Å²) in [4.78, 5) is 14.2. The first-order valence-electron chi connectivity index (χ1n) is 7.56. The number of hydrogen-bond donors (Lipinski definition) is 2. The van der Waals surface area contributed by atoms with E-state index in [1.54, 1.807) is 0 Å². The van der Waals surface area contributed by atoms with Crippen molar-refractivity contribution >= 4 is 33.3 Å². The largest absolute Gasteiger partial charge is 0.370 e. The van der Waals surface area contributed by atoms with Crippen molar-refractivity contribution < 1.29 is 4.79 Å². The van der Waals surface area contributed by atoms with Crippen LogP contribution in [-0.4, -0.2) is 25.7 Å². The number of carbonyl (C=O) groups excluding carboxylic acids is 1. The quantitative estimate of drug-likeness (QED) is 0.812. The molecule has 0 fully saturated rings. The zero-order chi connectivity index (χ0) is 16.8. The van der Waals surface area contributed by atoms with Gasteiger partial charge in [0, 0.05) is 35.5 Å². The molecule has 4 nitrogen and oxygen atoms in total. The highest BCUT2D eigenvalue weighted by atomic mass is 79.9. The number of likely N-dealkylation sites (N-methyl/N-ethyl adjacent to an activating group) is 1. The Kier molecular flexibility index (Phi) is 6.04. The number of anilines is 2. The third-order valence-electron chi connectivity index (χ3n) is 3.83. The maximum Gasteiger partial charge on any atom is 0.319 e. The average molecular weight is 376 g/mol. The van der Waals surface area contributed by atoms with Crippen LogP contribution in [0.1, 0.15) is 12.5 Å². The normalized spacial score (nSPS) is 11.7. The Morgan fingerprint density at radius 1 is 1.22 bits per heavy atom. The van der Waals surface area contributed by atoms with Crippen molar-refractivity contribution in [3.63, 3.8) is 0 Å². The molecule has 2 aromatic carbocycles. The zero-order valence-corrected chi connectivity index (χ0v) is 15.2. The summed E-state index contributed by atoms with van der Waals surface area (Å²) in [5.41, 5.74) is 2.96. The number of halogens is 1. The highest BCUT2D eigenvalue weighted by molar-refractivity contribution is 9.10. The maximum atomic E-state index is 12.1. The van der Waals surface area contributed by atoms with Gasteiger partial charge in [-0.3, -0.25) is 0 Å². The Hall–Kier alpha value is -2.01. The van der Waals surface area contributed by atoms with E-state index in [-0.39, 0.29) is 12.1 Å². The third kappa shape index (κ3) is 4.99. The van der Waals surface area contributed by atoms with Crippen LogP contribution in [0.5, 0.6) is 0 Å². The number of nitrogens with zero attached hydrogens (tertiary/aromatic N) is 1. The summed E-state index contributed by atoms with van der Waals surface area (Å²) in [7, 11) is 2.03. The molecule has 0 aliphatic heterocycles. The summed E-state index contributed by atoms with van der Waals surface area (Å²) in [6.07, 6.45) is 0. The molecule has 2 aromatic rings. The molecule has 0 aliphatic rings. The Labute approximate surface area is 146 Å². The molecule has 2 amide bonds. The maximum absolute atomic E-state index is 12.1. The standard InChI is InChI=1S/C18H22BrN3O/c1-13-9-10-15(19)11-17(13)21-18(23)20-12-14(2)22(3)16-7-5-4-6-8-16/h4-11,14H,12H2,1-3H3,(H2,20,21,23). The molecule has 5 heteroatoms. The van der Waals surface area contributed by atoms with Gasteiger partial charge in [-0.1, -0.05) is 40.2 Å². The average Bonchev–Trinajstić information content (AvgIpc) is 2.56. The second-order valence-corrected chi connectivity index (χ2v) is 6.51. The Morgan fingerprint density at radius 3 is 2.61 bits per heavy atom. The van der Waals surface area contributed by atoms with E-state index in [2.05, 4.69) is 50.5 Å².